The highest BCUT2D eigenvalue weighted by molar-refractivity contribution is 5.99. The van der Waals surface area contributed by atoms with Gasteiger partial charge in [-0.3, -0.25) is 14.9 Å². The lowest BCUT2D eigenvalue weighted by atomic mass is 10.1. The number of anilines is 1. The Morgan fingerprint density at radius 2 is 2.00 bits per heavy atom. The lowest BCUT2D eigenvalue weighted by Crippen LogP contribution is -2.28. The van der Waals surface area contributed by atoms with Gasteiger partial charge in [0.25, 0.3) is 5.69 Å². The molecule has 1 heterocycles. The van der Waals surface area contributed by atoms with Gasteiger partial charge in [0, 0.05) is 31.4 Å². The van der Waals surface area contributed by atoms with Crippen LogP contribution in [0.3, 0.4) is 0 Å². The predicted molar refractivity (Wildman–Crippen MR) is 77.4 cm³/mol. The first-order chi connectivity index (χ1) is 9.49. The van der Waals surface area contributed by atoms with Crippen LogP contribution in [0.2, 0.25) is 0 Å². The summed E-state index contributed by atoms with van der Waals surface area (Å²) < 4.78 is 0. The van der Waals surface area contributed by atoms with E-state index in [0.717, 1.165) is 38.3 Å². The molecule has 1 aliphatic heterocycles. The number of hydrogen-bond donors (Lipinski definition) is 0. The number of carbonyl (C=O) groups excluding carboxylic acids is 1. The van der Waals surface area contributed by atoms with Crippen LogP contribution >= 0.6 is 0 Å². The van der Waals surface area contributed by atoms with Gasteiger partial charge in [-0.25, -0.2) is 0 Å². The monoisotopic (exact) mass is 277 g/mol. The number of hydrogen-bond acceptors (Lipinski definition) is 5. The molecule has 1 aliphatic rings. The van der Waals surface area contributed by atoms with Gasteiger partial charge in [-0.1, -0.05) is 0 Å². The van der Waals surface area contributed by atoms with Gasteiger partial charge in [-0.15, -0.1) is 0 Å². The number of ketones is 1. The Morgan fingerprint density at radius 1 is 1.25 bits per heavy atom. The fourth-order valence-electron chi connectivity index (χ4n) is 2.47. The molecule has 2 rings (SSSR count). The maximum Gasteiger partial charge on any atom is 0.280 e. The summed E-state index contributed by atoms with van der Waals surface area (Å²) in [5.41, 5.74) is 0.953. The fraction of sp³-hybridized carbons (Fsp3) is 0.500. The highest BCUT2D eigenvalue weighted by Crippen LogP contribution is 2.26. The largest absolute Gasteiger partial charge is 0.370 e. The van der Waals surface area contributed by atoms with Crippen LogP contribution in [0.25, 0.3) is 0 Å². The minimum Gasteiger partial charge on any atom is -0.370 e. The van der Waals surface area contributed by atoms with Gasteiger partial charge in [-0.2, -0.15) is 0 Å². The van der Waals surface area contributed by atoms with Crippen LogP contribution in [0, 0.1) is 10.1 Å². The minimum atomic E-state index is -0.503. The van der Waals surface area contributed by atoms with Crippen molar-refractivity contribution in [2.75, 3.05) is 38.1 Å². The maximum absolute atomic E-state index is 11.6. The Kier molecular flexibility index (Phi) is 4.34. The number of nitro benzene ring substituents is 1. The van der Waals surface area contributed by atoms with Crippen molar-refractivity contribution in [2.24, 2.45) is 0 Å². The maximum atomic E-state index is 11.6. The first-order valence-electron chi connectivity index (χ1n) is 6.72. The summed E-state index contributed by atoms with van der Waals surface area (Å²) in [6.07, 6.45) is 1.04. The Morgan fingerprint density at radius 3 is 2.65 bits per heavy atom. The first-order valence-corrected chi connectivity index (χ1v) is 6.72. The molecular weight excluding hydrogens is 258 g/mol. The molecule has 0 amide bonds. The van der Waals surface area contributed by atoms with Gasteiger partial charge in [0.05, 0.1) is 10.5 Å². The van der Waals surface area contributed by atoms with Crippen LogP contribution in [0.5, 0.6) is 0 Å². The second-order valence-corrected chi connectivity index (χ2v) is 5.16. The minimum absolute atomic E-state index is 0.117. The molecule has 0 unspecified atom stereocenters. The molecule has 0 spiro atoms. The van der Waals surface area contributed by atoms with Crippen molar-refractivity contribution in [1.29, 1.82) is 0 Å². The lowest BCUT2D eigenvalue weighted by molar-refractivity contribution is -0.385. The zero-order valence-corrected chi connectivity index (χ0v) is 11.8. The van der Waals surface area contributed by atoms with E-state index >= 15 is 0 Å². The quantitative estimate of drug-likeness (QED) is 0.480. The standard InChI is InChI=1S/C14H19N3O3/c1-11(18)13-10-12(4-5-14(13)17(19)20)16-7-3-6-15(2)8-9-16/h4-5,10H,3,6-9H2,1-2H3. The van der Waals surface area contributed by atoms with E-state index in [-0.39, 0.29) is 17.0 Å². The molecule has 0 radical (unpaired) electrons. The molecule has 1 fully saturated rings. The van der Waals surface area contributed by atoms with E-state index in [1.165, 1.54) is 13.0 Å². The second-order valence-electron chi connectivity index (χ2n) is 5.16. The average molecular weight is 277 g/mol. The third-order valence-electron chi connectivity index (χ3n) is 3.64. The summed E-state index contributed by atoms with van der Waals surface area (Å²) in [5, 5.41) is 10.9. The number of rotatable bonds is 3. The second kappa shape index (κ2) is 6.00. The highest BCUT2D eigenvalue weighted by atomic mass is 16.6. The number of Topliss-reactive ketones (excluding diaryl/α,β-unsaturated/α-hetero) is 1. The molecule has 20 heavy (non-hydrogen) atoms. The molecule has 0 bridgehead atoms. The Hall–Kier alpha value is -1.95. The van der Waals surface area contributed by atoms with Crippen molar-refractivity contribution in [2.45, 2.75) is 13.3 Å². The number of nitrogens with zero attached hydrogens (tertiary/aromatic N) is 3. The van der Waals surface area contributed by atoms with Crippen LogP contribution in [0.15, 0.2) is 18.2 Å². The van der Waals surface area contributed by atoms with Crippen LogP contribution in [0.1, 0.15) is 23.7 Å². The Bertz CT molecular complexity index is 530. The fourth-order valence-corrected chi connectivity index (χ4v) is 2.47. The smallest absolute Gasteiger partial charge is 0.280 e. The number of nitro groups is 1. The predicted octanol–water partition coefficient (Wildman–Crippen LogP) is 1.94. The molecule has 1 aromatic rings. The van der Waals surface area contributed by atoms with Gasteiger partial charge in [0.2, 0.25) is 0 Å². The zero-order chi connectivity index (χ0) is 14.7. The third kappa shape index (κ3) is 3.14. The van der Waals surface area contributed by atoms with Crippen molar-refractivity contribution in [1.82, 2.24) is 4.90 Å². The van der Waals surface area contributed by atoms with E-state index in [1.54, 1.807) is 12.1 Å². The molecule has 108 valence electrons. The first kappa shape index (κ1) is 14.5. The molecule has 0 aromatic heterocycles. The number of likely N-dealkylation sites (N-methyl/N-ethyl adjacent to an activating group) is 1. The van der Waals surface area contributed by atoms with Crippen LogP contribution in [0.4, 0.5) is 11.4 Å². The summed E-state index contributed by atoms with van der Waals surface area (Å²) in [5.74, 6) is -0.273. The van der Waals surface area contributed by atoms with E-state index in [0.29, 0.717) is 0 Å². The molecule has 6 heteroatoms. The summed E-state index contributed by atoms with van der Waals surface area (Å²) in [6, 6.07) is 4.81. The summed E-state index contributed by atoms with van der Waals surface area (Å²) in [6.45, 7) is 5.13. The third-order valence-corrected chi connectivity index (χ3v) is 3.64. The van der Waals surface area contributed by atoms with E-state index < -0.39 is 4.92 Å². The van der Waals surface area contributed by atoms with Crippen molar-refractivity contribution >= 4 is 17.2 Å². The summed E-state index contributed by atoms with van der Waals surface area (Å²) in [7, 11) is 2.08. The number of benzene rings is 1. The Labute approximate surface area is 118 Å². The van der Waals surface area contributed by atoms with Crippen LogP contribution in [-0.4, -0.2) is 48.8 Å². The lowest BCUT2D eigenvalue weighted by Gasteiger charge is -2.23. The molecule has 1 aromatic carbocycles. The van der Waals surface area contributed by atoms with Crippen LogP contribution in [-0.2, 0) is 0 Å². The average Bonchev–Trinajstić information content (AvgIpc) is 2.62. The van der Waals surface area contributed by atoms with Crippen molar-refractivity contribution in [3.63, 3.8) is 0 Å². The number of carbonyl (C=O) groups is 1. The normalized spacial score (nSPS) is 16.8. The van der Waals surface area contributed by atoms with Gasteiger partial charge in [-0.05, 0) is 39.1 Å². The van der Waals surface area contributed by atoms with Gasteiger partial charge < -0.3 is 9.80 Å². The topological polar surface area (TPSA) is 66.7 Å². The van der Waals surface area contributed by atoms with Crippen LogP contribution < -0.4 is 4.90 Å². The molecule has 0 N–H and O–H groups in total. The van der Waals surface area contributed by atoms with Crippen molar-refractivity contribution in [3.05, 3.63) is 33.9 Å². The molecule has 0 saturated carbocycles. The molecule has 0 atom stereocenters. The summed E-state index contributed by atoms with van der Waals surface area (Å²) >= 11 is 0. The van der Waals surface area contributed by atoms with Crippen molar-refractivity contribution < 1.29 is 9.72 Å². The zero-order valence-electron chi connectivity index (χ0n) is 11.8. The molecule has 6 nitrogen and oxygen atoms in total. The van der Waals surface area contributed by atoms with E-state index in [9.17, 15) is 14.9 Å². The van der Waals surface area contributed by atoms with Crippen molar-refractivity contribution in [3.8, 4) is 0 Å². The van der Waals surface area contributed by atoms with E-state index in [1.807, 2.05) is 0 Å². The summed E-state index contributed by atoms with van der Waals surface area (Å²) in [4.78, 5) is 26.5. The van der Waals surface area contributed by atoms with Gasteiger partial charge in [0.1, 0.15) is 0 Å². The SMILES string of the molecule is CC(=O)c1cc(N2CCCN(C)CC2)ccc1[N+](=O)[O-]. The Balaban J connectivity index is 2.31. The van der Waals surface area contributed by atoms with Gasteiger partial charge in [0.15, 0.2) is 5.78 Å². The molecular formula is C14H19N3O3. The molecule has 0 aliphatic carbocycles. The van der Waals surface area contributed by atoms with E-state index in [2.05, 4.69) is 16.8 Å². The van der Waals surface area contributed by atoms with E-state index in [4.69, 9.17) is 0 Å². The highest BCUT2D eigenvalue weighted by Gasteiger charge is 2.20. The molecule has 1 saturated heterocycles. The van der Waals surface area contributed by atoms with Gasteiger partial charge >= 0.3 is 0 Å².